The van der Waals surface area contributed by atoms with Crippen LogP contribution in [0.4, 0.5) is 10.5 Å². The van der Waals surface area contributed by atoms with Gasteiger partial charge in [-0.15, -0.1) is 0 Å². The summed E-state index contributed by atoms with van der Waals surface area (Å²) in [5.41, 5.74) is 5.09. The lowest BCUT2D eigenvalue weighted by Gasteiger charge is -2.20. The Morgan fingerprint density at radius 1 is 0.939 bits per heavy atom. The van der Waals surface area contributed by atoms with Crippen molar-refractivity contribution < 1.29 is 14.8 Å². The molecule has 1 aliphatic heterocycles. The highest BCUT2D eigenvalue weighted by Crippen LogP contribution is 2.24. The number of hydrogen-bond donors (Lipinski definition) is 2. The topological polar surface area (TPSA) is 76.1 Å². The zero-order valence-corrected chi connectivity index (χ0v) is 19.1. The van der Waals surface area contributed by atoms with Gasteiger partial charge in [0.25, 0.3) is 5.91 Å². The van der Waals surface area contributed by atoms with Crippen molar-refractivity contribution in [3.05, 3.63) is 77.4 Å². The Morgan fingerprint density at radius 3 is 2.21 bits per heavy atom. The maximum atomic E-state index is 13.0. The van der Waals surface area contributed by atoms with Crippen LogP contribution >= 0.6 is 0 Å². The standard InChI is InChI=1S/C26H30N4O3/c1-3-28(4-2)17-19-5-7-23-16-20(6-8-22(23)15-19)18-29-13-14-30(26(29)32)24-11-9-21(10-12-24)25(31)27-33/h5-12,15-16,33H,3-4,13-14,17-18H2,1-2H3,(H,27,31). The quantitative estimate of drug-likeness (QED) is 0.401. The number of benzene rings is 3. The van der Waals surface area contributed by atoms with Crippen LogP contribution in [0.1, 0.15) is 35.3 Å². The molecule has 1 fully saturated rings. The van der Waals surface area contributed by atoms with E-state index in [0.29, 0.717) is 25.2 Å². The summed E-state index contributed by atoms with van der Waals surface area (Å²) >= 11 is 0. The zero-order valence-electron chi connectivity index (χ0n) is 19.1. The largest absolute Gasteiger partial charge is 0.324 e. The molecule has 33 heavy (non-hydrogen) atoms. The minimum absolute atomic E-state index is 0.0518. The lowest BCUT2D eigenvalue weighted by molar-refractivity contribution is 0.0706. The number of hydroxylamine groups is 1. The molecule has 0 aromatic heterocycles. The summed E-state index contributed by atoms with van der Waals surface area (Å²) in [5.74, 6) is -0.576. The normalized spacial score (nSPS) is 13.9. The molecule has 7 nitrogen and oxygen atoms in total. The molecule has 3 aromatic carbocycles. The molecule has 3 aromatic rings. The van der Waals surface area contributed by atoms with Gasteiger partial charge < -0.3 is 4.90 Å². The van der Waals surface area contributed by atoms with Crippen LogP contribution in [0.5, 0.6) is 0 Å². The molecule has 1 heterocycles. The lowest BCUT2D eigenvalue weighted by Crippen LogP contribution is -2.31. The Hall–Kier alpha value is -3.42. The van der Waals surface area contributed by atoms with E-state index in [1.54, 1.807) is 34.6 Å². The Balaban J connectivity index is 1.43. The molecule has 4 rings (SSSR count). The molecule has 0 radical (unpaired) electrons. The second-order valence-electron chi connectivity index (χ2n) is 8.32. The number of carbonyl (C=O) groups is 2. The molecular weight excluding hydrogens is 416 g/mol. The monoisotopic (exact) mass is 446 g/mol. The van der Waals surface area contributed by atoms with Crippen molar-refractivity contribution in [3.8, 4) is 0 Å². The SMILES string of the molecule is CCN(CC)Cc1ccc2cc(CN3CCN(c4ccc(C(=O)NO)cc4)C3=O)ccc2c1. The third kappa shape index (κ3) is 4.99. The first kappa shape index (κ1) is 22.8. The molecule has 0 spiro atoms. The third-order valence-corrected chi connectivity index (χ3v) is 6.28. The first-order valence-electron chi connectivity index (χ1n) is 11.4. The number of urea groups is 1. The maximum absolute atomic E-state index is 13.0. The highest BCUT2D eigenvalue weighted by molar-refractivity contribution is 5.96. The highest BCUT2D eigenvalue weighted by Gasteiger charge is 2.29. The van der Waals surface area contributed by atoms with E-state index >= 15 is 0 Å². The summed E-state index contributed by atoms with van der Waals surface area (Å²) in [5, 5.41) is 11.1. The van der Waals surface area contributed by atoms with Crippen molar-refractivity contribution >= 4 is 28.4 Å². The van der Waals surface area contributed by atoms with Crippen molar-refractivity contribution in [3.63, 3.8) is 0 Å². The minimum atomic E-state index is -0.576. The number of rotatable bonds is 8. The van der Waals surface area contributed by atoms with Crippen LogP contribution in [-0.2, 0) is 13.1 Å². The van der Waals surface area contributed by atoms with Gasteiger partial charge in [-0.05, 0) is 71.4 Å². The van der Waals surface area contributed by atoms with Crippen molar-refractivity contribution in [1.82, 2.24) is 15.3 Å². The van der Waals surface area contributed by atoms with E-state index in [0.717, 1.165) is 30.9 Å². The van der Waals surface area contributed by atoms with E-state index in [4.69, 9.17) is 5.21 Å². The Kier molecular flexibility index (Phi) is 6.91. The number of carbonyl (C=O) groups excluding carboxylic acids is 2. The molecule has 7 heteroatoms. The fraction of sp³-hybridized carbons (Fsp3) is 0.308. The van der Waals surface area contributed by atoms with Gasteiger partial charge in [-0.3, -0.25) is 19.8 Å². The van der Waals surface area contributed by atoms with Crippen molar-refractivity contribution in [1.29, 1.82) is 0 Å². The summed E-state index contributed by atoms with van der Waals surface area (Å²) < 4.78 is 0. The molecule has 1 saturated heterocycles. The van der Waals surface area contributed by atoms with Gasteiger partial charge in [-0.2, -0.15) is 0 Å². The van der Waals surface area contributed by atoms with E-state index in [-0.39, 0.29) is 6.03 Å². The number of hydrogen-bond acceptors (Lipinski definition) is 4. The Bertz CT molecular complexity index is 1140. The molecule has 1 aliphatic rings. The smallest absolute Gasteiger partial charge is 0.318 e. The molecule has 0 saturated carbocycles. The summed E-state index contributed by atoms with van der Waals surface area (Å²) in [4.78, 5) is 30.4. The zero-order chi connectivity index (χ0) is 23.4. The predicted molar refractivity (Wildman–Crippen MR) is 129 cm³/mol. The van der Waals surface area contributed by atoms with Crippen molar-refractivity contribution in [2.24, 2.45) is 0 Å². The average Bonchev–Trinajstić information content (AvgIpc) is 3.21. The second kappa shape index (κ2) is 10.0. The van der Waals surface area contributed by atoms with E-state index in [2.05, 4.69) is 55.1 Å². The maximum Gasteiger partial charge on any atom is 0.324 e. The minimum Gasteiger partial charge on any atom is -0.318 e. The predicted octanol–water partition coefficient (Wildman–Crippen LogP) is 4.24. The van der Waals surface area contributed by atoms with E-state index in [1.165, 1.54) is 16.3 Å². The van der Waals surface area contributed by atoms with Gasteiger partial charge in [0.1, 0.15) is 0 Å². The highest BCUT2D eigenvalue weighted by atomic mass is 16.5. The van der Waals surface area contributed by atoms with Gasteiger partial charge in [0.05, 0.1) is 0 Å². The van der Waals surface area contributed by atoms with Crippen molar-refractivity contribution in [2.75, 3.05) is 31.1 Å². The molecule has 0 unspecified atom stereocenters. The molecule has 172 valence electrons. The molecule has 0 bridgehead atoms. The number of anilines is 1. The van der Waals surface area contributed by atoms with Gasteiger partial charge in [0, 0.05) is 37.4 Å². The van der Waals surface area contributed by atoms with Crippen LogP contribution in [0.3, 0.4) is 0 Å². The Morgan fingerprint density at radius 2 is 1.58 bits per heavy atom. The van der Waals surface area contributed by atoms with Crippen molar-refractivity contribution in [2.45, 2.75) is 26.9 Å². The van der Waals surface area contributed by atoms with Crippen LogP contribution in [0, 0.1) is 0 Å². The van der Waals surface area contributed by atoms with Crippen LogP contribution in [-0.4, -0.2) is 53.1 Å². The summed E-state index contributed by atoms with van der Waals surface area (Å²) in [7, 11) is 0. The molecule has 0 aliphatic carbocycles. The fourth-order valence-electron chi connectivity index (χ4n) is 4.29. The number of fused-ring (bicyclic) bond motifs is 1. The number of nitrogens with zero attached hydrogens (tertiary/aromatic N) is 3. The molecule has 3 amide bonds. The van der Waals surface area contributed by atoms with E-state index in [9.17, 15) is 9.59 Å². The Labute approximate surface area is 194 Å². The lowest BCUT2D eigenvalue weighted by atomic mass is 10.0. The van der Waals surface area contributed by atoms with Gasteiger partial charge >= 0.3 is 6.03 Å². The first-order valence-corrected chi connectivity index (χ1v) is 11.4. The van der Waals surface area contributed by atoms with Crippen LogP contribution in [0.15, 0.2) is 60.7 Å². The van der Waals surface area contributed by atoms with Crippen LogP contribution in [0.2, 0.25) is 0 Å². The average molecular weight is 447 g/mol. The summed E-state index contributed by atoms with van der Waals surface area (Å²) in [6.45, 7) is 9.18. The summed E-state index contributed by atoms with van der Waals surface area (Å²) in [6.07, 6.45) is 0. The third-order valence-electron chi connectivity index (χ3n) is 6.28. The molecule has 0 atom stereocenters. The number of amides is 3. The fourth-order valence-corrected chi connectivity index (χ4v) is 4.29. The van der Waals surface area contributed by atoms with Gasteiger partial charge in [0.15, 0.2) is 0 Å². The summed E-state index contributed by atoms with van der Waals surface area (Å²) in [6, 6.07) is 19.6. The van der Waals surface area contributed by atoms with E-state index < -0.39 is 5.91 Å². The first-order chi connectivity index (χ1) is 16.0. The van der Waals surface area contributed by atoms with Gasteiger partial charge in [-0.25, -0.2) is 10.3 Å². The second-order valence-corrected chi connectivity index (χ2v) is 8.32. The van der Waals surface area contributed by atoms with Crippen LogP contribution in [0.25, 0.3) is 10.8 Å². The number of nitrogens with one attached hydrogen (secondary N) is 1. The van der Waals surface area contributed by atoms with Gasteiger partial charge in [-0.1, -0.05) is 38.1 Å². The van der Waals surface area contributed by atoms with Gasteiger partial charge in [0.2, 0.25) is 0 Å². The van der Waals surface area contributed by atoms with E-state index in [1.807, 2.05) is 4.90 Å². The molecule has 2 N–H and O–H groups in total. The molecular formula is C26H30N4O3. The van der Waals surface area contributed by atoms with Crippen LogP contribution < -0.4 is 10.4 Å².